The zero-order valence-corrected chi connectivity index (χ0v) is 15.6. The van der Waals surface area contributed by atoms with Gasteiger partial charge in [-0.2, -0.15) is 0 Å². The number of ether oxygens (including phenoxy) is 1. The monoisotopic (exact) mass is 369 g/mol. The molecule has 0 aliphatic carbocycles. The van der Waals surface area contributed by atoms with E-state index in [4.69, 9.17) is 16.3 Å². The van der Waals surface area contributed by atoms with E-state index in [0.29, 0.717) is 22.9 Å². The molecule has 3 aromatic rings. The Morgan fingerprint density at radius 3 is 2.58 bits per heavy atom. The molecule has 3 rings (SSSR count). The number of nitrogens with one attached hydrogen (secondary N) is 1. The highest BCUT2D eigenvalue weighted by atomic mass is 35.5. The number of anilines is 1. The molecule has 0 aliphatic heterocycles. The fourth-order valence-electron chi connectivity index (χ4n) is 2.67. The first-order valence-electron chi connectivity index (χ1n) is 8.48. The molecule has 0 fully saturated rings. The Hall–Kier alpha value is -2.52. The maximum absolute atomic E-state index is 13.7. The standard InChI is InChI=1S/C22H21ClFNO/c1-15-7-8-16(2)21(11-15)25-13-17-9-10-22(19(23)12-17)26-14-18-5-3-4-6-20(18)24/h3-12,25H,13-14H2,1-2H3. The lowest BCUT2D eigenvalue weighted by molar-refractivity contribution is 0.300. The van der Waals surface area contributed by atoms with E-state index >= 15 is 0 Å². The zero-order valence-electron chi connectivity index (χ0n) is 14.9. The van der Waals surface area contributed by atoms with Crippen LogP contribution in [0.4, 0.5) is 10.1 Å². The van der Waals surface area contributed by atoms with E-state index in [1.54, 1.807) is 18.2 Å². The van der Waals surface area contributed by atoms with Crippen molar-refractivity contribution in [2.45, 2.75) is 27.0 Å². The van der Waals surface area contributed by atoms with Gasteiger partial charge in [0.1, 0.15) is 18.2 Å². The second-order valence-corrected chi connectivity index (χ2v) is 6.72. The van der Waals surface area contributed by atoms with Crippen molar-refractivity contribution in [3.05, 3.63) is 93.8 Å². The summed E-state index contributed by atoms with van der Waals surface area (Å²) in [5.41, 5.74) is 5.08. The van der Waals surface area contributed by atoms with Gasteiger partial charge in [0, 0.05) is 17.8 Å². The van der Waals surface area contributed by atoms with Crippen LogP contribution in [-0.4, -0.2) is 0 Å². The summed E-state index contributed by atoms with van der Waals surface area (Å²) in [7, 11) is 0. The molecule has 1 N–H and O–H groups in total. The van der Waals surface area contributed by atoms with Crippen LogP contribution in [0.2, 0.25) is 5.02 Å². The van der Waals surface area contributed by atoms with Gasteiger partial charge in [0.25, 0.3) is 0 Å². The third-order valence-corrected chi connectivity index (χ3v) is 4.51. The van der Waals surface area contributed by atoms with Crippen molar-refractivity contribution in [1.82, 2.24) is 0 Å². The van der Waals surface area contributed by atoms with Crippen LogP contribution in [0.25, 0.3) is 0 Å². The second-order valence-electron chi connectivity index (χ2n) is 6.32. The van der Waals surface area contributed by atoms with Crippen molar-refractivity contribution in [3.8, 4) is 5.75 Å². The number of aryl methyl sites for hydroxylation is 2. The molecule has 0 saturated carbocycles. The normalized spacial score (nSPS) is 10.6. The molecule has 0 aromatic heterocycles. The van der Waals surface area contributed by atoms with Gasteiger partial charge in [-0.15, -0.1) is 0 Å². The van der Waals surface area contributed by atoms with E-state index < -0.39 is 0 Å². The minimum Gasteiger partial charge on any atom is -0.487 e. The van der Waals surface area contributed by atoms with Crippen molar-refractivity contribution in [2.75, 3.05) is 5.32 Å². The zero-order chi connectivity index (χ0) is 18.5. The number of halogens is 2. The Morgan fingerprint density at radius 1 is 1.00 bits per heavy atom. The summed E-state index contributed by atoms with van der Waals surface area (Å²) in [6.07, 6.45) is 0. The van der Waals surface area contributed by atoms with Crippen LogP contribution in [0.3, 0.4) is 0 Å². The fourth-order valence-corrected chi connectivity index (χ4v) is 2.92. The van der Waals surface area contributed by atoms with Crippen LogP contribution in [-0.2, 0) is 13.2 Å². The average Bonchev–Trinajstić information content (AvgIpc) is 2.63. The maximum Gasteiger partial charge on any atom is 0.138 e. The first-order chi connectivity index (χ1) is 12.5. The van der Waals surface area contributed by atoms with Gasteiger partial charge in [-0.1, -0.05) is 48.0 Å². The fraction of sp³-hybridized carbons (Fsp3) is 0.182. The summed E-state index contributed by atoms with van der Waals surface area (Å²) in [6.45, 7) is 4.96. The highest BCUT2D eigenvalue weighted by Crippen LogP contribution is 2.27. The van der Waals surface area contributed by atoms with Gasteiger partial charge in [0.2, 0.25) is 0 Å². The molecule has 0 bridgehead atoms. The Kier molecular flexibility index (Phi) is 5.79. The Morgan fingerprint density at radius 2 is 1.81 bits per heavy atom. The summed E-state index contributed by atoms with van der Waals surface area (Å²) in [6, 6.07) is 18.5. The van der Waals surface area contributed by atoms with Gasteiger partial charge >= 0.3 is 0 Å². The predicted molar refractivity (Wildman–Crippen MR) is 105 cm³/mol. The van der Waals surface area contributed by atoms with Crippen molar-refractivity contribution in [2.24, 2.45) is 0 Å². The number of rotatable bonds is 6. The van der Waals surface area contributed by atoms with E-state index in [2.05, 4.69) is 37.4 Å². The third kappa shape index (κ3) is 4.55. The molecule has 4 heteroatoms. The molecular formula is C22H21ClFNO. The van der Waals surface area contributed by atoms with Crippen LogP contribution < -0.4 is 10.1 Å². The van der Waals surface area contributed by atoms with Crippen LogP contribution in [0.15, 0.2) is 60.7 Å². The molecule has 0 saturated heterocycles. The van der Waals surface area contributed by atoms with Gasteiger partial charge in [-0.05, 0) is 54.8 Å². The molecule has 3 aromatic carbocycles. The third-order valence-electron chi connectivity index (χ3n) is 4.21. The number of hydrogen-bond donors (Lipinski definition) is 1. The SMILES string of the molecule is Cc1ccc(C)c(NCc2ccc(OCc3ccccc3F)c(Cl)c2)c1. The van der Waals surface area contributed by atoms with E-state index in [-0.39, 0.29) is 12.4 Å². The molecule has 0 spiro atoms. The van der Waals surface area contributed by atoms with Crippen molar-refractivity contribution in [3.63, 3.8) is 0 Å². The average molecular weight is 370 g/mol. The number of benzene rings is 3. The van der Waals surface area contributed by atoms with Crippen LogP contribution in [0.1, 0.15) is 22.3 Å². The molecule has 0 atom stereocenters. The molecule has 0 aliphatic rings. The van der Waals surface area contributed by atoms with E-state index in [1.165, 1.54) is 17.2 Å². The first kappa shape index (κ1) is 18.3. The molecular weight excluding hydrogens is 349 g/mol. The minimum absolute atomic E-state index is 0.145. The van der Waals surface area contributed by atoms with Gasteiger partial charge in [0.05, 0.1) is 5.02 Å². The Labute approximate surface area is 158 Å². The van der Waals surface area contributed by atoms with Crippen LogP contribution in [0.5, 0.6) is 5.75 Å². The van der Waals surface area contributed by atoms with Crippen molar-refractivity contribution in [1.29, 1.82) is 0 Å². The molecule has 0 heterocycles. The van der Waals surface area contributed by atoms with E-state index in [1.807, 2.05) is 18.2 Å². The van der Waals surface area contributed by atoms with Crippen molar-refractivity contribution < 1.29 is 9.13 Å². The van der Waals surface area contributed by atoms with Gasteiger partial charge in [-0.25, -0.2) is 4.39 Å². The van der Waals surface area contributed by atoms with Gasteiger partial charge in [0.15, 0.2) is 0 Å². The lowest BCUT2D eigenvalue weighted by Crippen LogP contribution is -2.02. The summed E-state index contributed by atoms with van der Waals surface area (Å²) in [5, 5.41) is 3.95. The number of hydrogen-bond acceptors (Lipinski definition) is 2. The van der Waals surface area contributed by atoms with Crippen LogP contribution in [0, 0.1) is 19.7 Å². The van der Waals surface area contributed by atoms with E-state index in [0.717, 1.165) is 11.3 Å². The Balaban J connectivity index is 1.64. The van der Waals surface area contributed by atoms with Crippen molar-refractivity contribution >= 4 is 17.3 Å². The molecule has 2 nitrogen and oxygen atoms in total. The largest absolute Gasteiger partial charge is 0.487 e. The van der Waals surface area contributed by atoms with Gasteiger partial charge < -0.3 is 10.1 Å². The predicted octanol–water partition coefficient (Wildman–Crippen LogP) is 6.29. The van der Waals surface area contributed by atoms with Crippen LogP contribution >= 0.6 is 11.6 Å². The smallest absolute Gasteiger partial charge is 0.138 e. The molecule has 0 amide bonds. The topological polar surface area (TPSA) is 21.3 Å². The maximum atomic E-state index is 13.7. The molecule has 0 unspecified atom stereocenters. The quantitative estimate of drug-likeness (QED) is 0.551. The summed E-state index contributed by atoms with van der Waals surface area (Å²) >= 11 is 6.33. The summed E-state index contributed by atoms with van der Waals surface area (Å²) in [4.78, 5) is 0. The Bertz CT molecular complexity index is 910. The summed E-state index contributed by atoms with van der Waals surface area (Å²) < 4.78 is 19.3. The lowest BCUT2D eigenvalue weighted by atomic mass is 10.1. The second kappa shape index (κ2) is 8.24. The van der Waals surface area contributed by atoms with Gasteiger partial charge in [-0.3, -0.25) is 0 Å². The van der Waals surface area contributed by atoms with E-state index in [9.17, 15) is 4.39 Å². The summed E-state index contributed by atoms with van der Waals surface area (Å²) in [5.74, 6) is 0.267. The highest BCUT2D eigenvalue weighted by molar-refractivity contribution is 6.32. The highest BCUT2D eigenvalue weighted by Gasteiger charge is 2.07. The molecule has 134 valence electrons. The molecule has 0 radical (unpaired) electrons. The minimum atomic E-state index is -0.280. The molecule has 26 heavy (non-hydrogen) atoms. The first-order valence-corrected chi connectivity index (χ1v) is 8.86. The lowest BCUT2D eigenvalue weighted by Gasteiger charge is -2.13.